The molecule has 0 aliphatic rings. The Labute approximate surface area is 185 Å². The number of imidazole rings is 1. The summed E-state index contributed by atoms with van der Waals surface area (Å²) in [5, 5.41) is 6.11. The van der Waals surface area contributed by atoms with E-state index in [1.807, 2.05) is 35.9 Å². The van der Waals surface area contributed by atoms with Crippen molar-refractivity contribution in [1.29, 1.82) is 0 Å². The van der Waals surface area contributed by atoms with Crippen LogP contribution in [0.25, 0.3) is 5.82 Å². The highest BCUT2D eigenvalue weighted by Gasteiger charge is 2.11. The van der Waals surface area contributed by atoms with Crippen molar-refractivity contribution in [3.63, 3.8) is 0 Å². The van der Waals surface area contributed by atoms with Crippen LogP contribution in [0.4, 0.5) is 17.2 Å². The molecule has 0 atom stereocenters. The van der Waals surface area contributed by atoms with E-state index in [0.29, 0.717) is 28.6 Å². The number of nitrogens with one attached hydrogen (secondary N) is 2. The quantitative estimate of drug-likeness (QED) is 0.457. The van der Waals surface area contributed by atoms with E-state index >= 15 is 0 Å². The molecule has 2 N–H and O–H groups in total. The third-order valence-corrected chi connectivity index (χ3v) is 4.75. The number of aromatic nitrogens is 4. The van der Waals surface area contributed by atoms with Crippen molar-refractivity contribution in [3.8, 4) is 17.3 Å². The van der Waals surface area contributed by atoms with Crippen molar-refractivity contribution >= 4 is 23.1 Å². The predicted octanol–water partition coefficient (Wildman–Crippen LogP) is 3.98. The molecule has 0 fully saturated rings. The van der Waals surface area contributed by atoms with Gasteiger partial charge in [0.15, 0.2) is 0 Å². The van der Waals surface area contributed by atoms with Crippen LogP contribution >= 0.6 is 0 Å². The van der Waals surface area contributed by atoms with E-state index in [2.05, 4.69) is 25.6 Å². The van der Waals surface area contributed by atoms with Crippen LogP contribution in [-0.4, -0.2) is 39.6 Å². The maximum Gasteiger partial charge on any atom is 0.255 e. The fourth-order valence-electron chi connectivity index (χ4n) is 3.09. The van der Waals surface area contributed by atoms with E-state index in [0.717, 1.165) is 17.3 Å². The molecule has 0 saturated heterocycles. The molecule has 9 heteroatoms. The summed E-state index contributed by atoms with van der Waals surface area (Å²) in [4.78, 5) is 25.4. The van der Waals surface area contributed by atoms with Crippen LogP contribution in [-0.2, 0) is 0 Å². The molecule has 0 bridgehead atoms. The number of ether oxygens (including phenoxy) is 2. The van der Waals surface area contributed by atoms with Gasteiger partial charge in [-0.3, -0.25) is 9.36 Å². The van der Waals surface area contributed by atoms with E-state index in [9.17, 15) is 4.79 Å². The lowest BCUT2D eigenvalue weighted by Gasteiger charge is -2.11. The Hall–Kier alpha value is -4.40. The largest absolute Gasteiger partial charge is 0.497 e. The van der Waals surface area contributed by atoms with E-state index < -0.39 is 0 Å². The highest BCUT2D eigenvalue weighted by atomic mass is 16.5. The minimum absolute atomic E-state index is 0.265. The van der Waals surface area contributed by atoms with Crippen LogP contribution in [0.1, 0.15) is 16.2 Å². The molecular formula is C23H22N6O3. The Morgan fingerprint density at radius 3 is 2.22 bits per heavy atom. The number of methoxy groups -OCH3 is 2. The zero-order valence-corrected chi connectivity index (χ0v) is 17.9. The zero-order valence-electron chi connectivity index (χ0n) is 17.9. The Kier molecular flexibility index (Phi) is 5.98. The molecule has 4 rings (SSSR count). The first-order valence-electron chi connectivity index (χ1n) is 9.79. The number of hydrogen-bond acceptors (Lipinski definition) is 7. The van der Waals surface area contributed by atoms with Crippen LogP contribution in [0.15, 0.2) is 67.3 Å². The average molecular weight is 430 g/mol. The van der Waals surface area contributed by atoms with Gasteiger partial charge in [-0.25, -0.2) is 15.0 Å². The van der Waals surface area contributed by atoms with Crippen LogP contribution in [0.5, 0.6) is 11.5 Å². The number of anilines is 3. The van der Waals surface area contributed by atoms with Crippen molar-refractivity contribution in [2.45, 2.75) is 6.92 Å². The summed E-state index contributed by atoms with van der Waals surface area (Å²) >= 11 is 0. The monoisotopic (exact) mass is 430 g/mol. The number of rotatable bonds is 7. The van der Waals surface area contributed by atoms with Gasteiger partial charge in [0.2, 0.25) is 0 Å². The van der Waals surface area contributed by atoms with Gasteiger partial charge in [0.05, 0.1) is 14.2 Å². The number of carbonyl (C=O) groups is 1. The Bertz CT molecular complexity index is 1210. The SMILES string of the molecule is COc1cc(OC)cc(C(=O)Nc2ccc(Nc3cc(-n4ccnc4C)ncn3)cc2)c1. The van der Waals surface area contributed by atoms with Crippen LogP contribution in [0.2, 0.25) is 0 Å². The van der Waals surface area contributed by atoms with Gasteiger partial charge in [0.1, 0.15) is 35.3 Å². The molecule has 1 amide bonds. The molecule has 9 nitrogen and oxygen atoms in total. The maximum atomic E-state index is 12.6. The lowest BCUT2D eigenvalue weighted by Crippen LogP contribution is -2.12. The number of benzene rings is 2. The van der Waals surface area contributed by atoms with Gasteiger partial charge in [-0.1, -0.05) is 0 Å². The summed E-state index contributed by atoms with van der Waals surface area (Å²) in [5.74, 6) is 3.02. The summed E-state index contributed by atoms with van der Waals surface area (Å²) in [5.41, 5.74) is 1.91. The first-order valence-corrected chi connectivity index (χ1v) is 9.79. The highest BCUT2D eigenvalue weighted by molar-refractivity contribution is 6.04. The molecule has 2 aromatic carbocycles. The Morgan fingerprint density at radius 1 is 0.906 bits per heavy atom. The second kappa shape index (κ2) is 9.17. The number of carbonyl (C=O) groups excluding carboxylic acids is 1. The first-order chi connectivity index (χ1) is 15.6. The second-order valence-corrected chi connectivity index (χ2v) is 6.86. The summed E-state index contributed by atoms with van der Waals surface area (Å²) in [7, 11) is 3.08. The summed E-state index contributed by atoms with van der Waals surface area (Å²) in [6.45, 7) is 1.91. The third kappa shape index (κ3) is 4.67. The second-order valence-electron chi connectivity index (χ2n) is 6.86. The summed E-state index contributed by atoms with van der Waals surface area (Å²) < 4.78 is 12.3. The van der Waals surface area contributed by atoms with Crippen molar-refractivity contribution < 1.29 is 14.3 Å². The summed E-state index contributed by atoms with van der Waals surface area (Å²) in [6.07, 6.45) is 5.06. The molecule has 2 aromatic heterocycles. The number of aryl methyl sites for hydroxylation is 1. The standard InChI is InChI=1S/C23H22N6O3/c1-15-24-8-9-29(15)22-13-21(25-14-26-22)27-17-4-6-18(7-5-17)28-23(30)16-10-19(31-2)12-20(11-16)32-3/h4-14H,1-3H3,(H,28,30)(H,25,26,27). The van der Waals surface area contributed by atoms with Crippen LogP contribution in [0, 0.1) is 6.92 Å². The van der Waals surface area contributed by atoms with Crippen LogP contribution < -0.4 is 20.1 Å². The molecule has 0 radical (unpaired) electrons. The zero-order chi connectivity index (χ0) is 22.5. The molecular weight excluding hydrogens is 408 g/mol. The molecule has 0 spiro atoms. The van der Waals surface area contributed by atoms with Crippen molar-refractivity contribution in [1.82, 2.24) is 19.5 Å². The minimum Gasteiger partial charge on any atom is -0.497 e. The molecule has 2 heterocycles. The molecule has 0 saturated carbocycles. The topological polar surface area (TPSA) is 103 Å². The van der Waals surface area contributed by atoms with E-state index in [-0.39, 0.29) is 5.91 Å². The molecule has 4 aromatic rings. The summed E-state index contributed by atoms with van der Waals surface area (Å²) in [6, 6.07) is 14.2. The number of nitrogens with zero attached hydrogens (tertiary/aromatic N) is 4. The Morgan fingerprint density at radius 2 is 1.59 bits per heavy atom. The van der Waals surface area contributed by atoms with Crippen molar-refractivity contribution in [2.24, 2.45) is 0 Å². The fraction of sp³-hybridized carbons (Fsp3) is 0.130. The van der Waals surface area contributed by atoms with Crippen molar-refractivity contribution in [3.05, 3.63) is 78.6 Å². The lowest BCUT2D eigenvalue weighted by molar-refractivity contribution is 0.102. The van der Waals surface area contributed by atoms with Gasteiger partial charge in [0, 0.05) is 41.5 Å². The van der Waals surface area contributed by atoms with Gasteiger partial charge < -0.3 is 20.1 Å². The van der Waals surface area contributed by atoms with E-state index in [1.165, 1.54) is 6.33 Å². The third-order valence-electron chi connectivity index (χ3n) is 4.75. The van der Waals surface area contributed by atoms with Gasteiger partial charge >= 0.3 is 0 Å². The van der Waals surface area contributed by atoms with Gasteiger partial charge in [-0.2, -0.15) is 0 Å². The first kappa shape index (κ1) is 20.9. The molecule has 0 aliphatic carbocycles. The number of amides is 1. The fourth-order valence-corrected chi connectivity index (χ4v) is 3.09. The molecule has 162 valence electrons. The van der Waals surface area contributed by atoms with Gasteiger partial charge in [-0.05, 0) is 43.3 Å². The Balaban J connectivity index is 1.45. The normalized spacial score (nSPS) is 10.5. The van der Waals surface area contributed by atoms with E-state index in [4.69, 9.17) is 9.47 Å². The van der Waals surface area contributed by atoms with Crippen LogP contribution in [0.3, 0.4) is 0 Å². The van der Waals surface area contributed by atoms with E-state index in [1.54, 1.807) is 50.7 Å². The number of hydrogen-bond donors (Lipinski definition) is 2. The highest BCUT2D eigenvalue weighted by Crippen LogP contribution is 2.24. The lowest BCUT2D eigenvalue weighted by atomic mass is 10.1. The van der Waals surface area contributed by atoms with Gasteiger partial charge in [-0.15, -0.1) is 0 Å². The maximum absolute atomic E-state index is 12.6. The molecule has 0 aliphatic heterocycles. The average Bonchev–Trinajstić information content (AvgIpc) is 3.26. The minimum atomic E-state index is -0.265. The van der Waals surface area contributed by atoms with Crippen molar-refractivity contribution in [2.75, 3.05) is 24.9 Å². The molecule has 0 unspecified atom stereocenters. The predicted molar refractivity (Wildman–Crippen MR) is 121 cm³/mol. The molecule has 32 heavy (non-hydrogen) atoms. The van der Waals surface area contributed by atoms with Gasteiger partial charge in [0.25, 0.3) is 5.91 Å². The smallest absolute Gasteiger partial charge is 0.255 e.